The van der Waals surface area contributed by atoms with Gasteiger partial charge in [-0.25, -0.2) is 0 Å². The van der Waals surface area contributed by atoms with E-state index in [1.807, 2.05) is 0 Å². The van der Waals surface area contributed by atoms with E-state index in [-0.39, 0.29) is 0 Å². The van der Waals surface area contributed by atoms with Crippen LogP contribution in [0, 0.1) is 0 Å². The molecular formula is C12H27NS. The van der Waals surface area contributed by atoms with E-state index in [1.54, 1.807) is 0 Å². The molecule has 0 unspecified atom stereocenters. The summed E-state index contributed by atoms with van der Waals surface area (Å²) in [5.74, 6) is 0. The number of unbranched alkanes of at least 4 members (excludes halogenated alkanes) is 7. The average Bonchev–Trinajstić information content (AvgIpc) is 2.21. The Morgan fingerprint density at radius 3 is 1.79 bits per heavy atom. The van der Waals surface area contributed by atoms with Crippen LogP contribution in [-0.4, -0.2) is 17.4 Å². The minimum atomic E-state index is 1.06. The van der Waals surface area contributed by atoms with Gasteiger partial charge in [-0.2, -0.15) is 0 Å². The Morgan fingerprint density at radius 2 is 1.29 bits per heavy atom. The first-order valence-corrected chi connectivity index (χ1v) is 6.65. The van der Waals surface area contributed by atoms with Gasteiger partial charge < -0.3 is 0 Å². The van der Waals surface area contributed by atoms with Crippen LogP contribution >= 0.6 is 12.8 Å². The Balaban J connectivity index is 2.92. The minimum absolute atomic E-state index is 1.06. The summed E-state index contributed by atoms with van der Waals surface area (Å²) in [6.45, 7) is 6.62. The summed E-state index contributed by atoms with van der Waals surface area (Å²) in [4.78, 5) is 0. The standard InChI is InChI=1S/C12H27NS/c1-3-5-6-7-8-9-10-11-12-13(14)4-2/h14H,3-12H2,1-2H3. The van der Waals surface area contributed by atoms with Gasteiger partial charge in [0.05, 0.1) is 0 Å². The van der Waals surface area contributed by atoms with Crippen molar-refractivity contribution in [1.29, 1.82) is 0 Å². The molecule has 0 aliphatic heterocycles. The molecule has 0 N–H and O–H groups in total. The molecule has 86 valence electrons. The van der Waals surface area contributed by atoms with E-state index in [9.17, 15) is 0 Å². The van der Waals surface area contributed by atoms with Gasteiger partial charge in [-0.05, 0) is 6.42 Å². The van der Waals surface area contributed by atoms with Crippen molar-refractivity contribution < 1.29 is 0 Å². The summed E-state index contributed by atoms with van der Waals surface area (Å²) in [7, 11) is 0. The Bertz CT molecular complexity index is 106. The molecule has 0 fully saturated rings. The zero-order chi connectivity index (χ0) is 10.6. The van der Waals surface area contributed by atoms with Crippen LogP contribution in [0.5, 0.6) is 0 Å². The predicted octanol–water partition coefficient (Wildman–Crippen LogP) is 4.29. The topological polar surface area (TPSA) is 3.24 Å². The second-order valence-electron chi connectivity index (χ2n) is 4.02. The lowest BCUT2D eigenvalue weighted by Gasteiger charge is -2.11. The first-order chi connectivity index (χ1) is 6.81. The third-order valence-electron chi connectivity index (χ3n) is 2.63. The summed E-state index contributed by atoms with van der Waals surface area (Å²) < 4.78 is 2.09. The largest absolute Gasteiger partial charge is 0.254 e. The van der Waals surface area contributed by atoms with Crippen LogP contribution in [0.1, 0.15) is 65.2 Å². The molecule has 0 saturated heterocycles. The van der Waals surface area contributed by atoms with Crippen LogP contribution in [0.15, 0.2) is 0 Å². The lowest BCUT2D eigenvalue weighted by Crippen LogP contribution is -2.12. The maximum Gasteiger partial charge on any atom is 0.00868 e. The van der Waals surface area contributed by atoms with Gasteiger partial charge in [0, 0.05) is 13.1 Å². The number of thiol groups is 1. The second-order valence-corrected chi connectivity index (χ2v) is 4.59. The number of rotatable bonds is 10. The monoisotopic (exact) mass is 217 g/mol. The molecule has 0 spiro atoms. The summed E-state index contributed by atoms with van der Waals surface area (Å²) in [5.41, 5.74) is 0. The van der Waals surface area contributed by atoms with Crippen LogP contribution in [0.4, 0.5) is 0 Å². The third-order valence-corrected chi connectivity index (χ3v) is 3.12. The van der Waals surface area contributed by atoms with Crippen molar-refractivity contribution in [3.63, 3.8) is 0 Å². The number of nitrogens with zero attached hydrogens (tertiary/aromatic N) is 1. The highest BCUT2D eigenvalue weighted by molar-refractivity contribution is 7.77. The van der Waals surface area contributed by atoms with Crippen molar-refractivity contribution in [2.75, 3.05) is 13.1 Å². The van der Waals surface area contributed by atoms with Crippen molar-refractivity contribution in [3.05, 3.63) is 0 Å². The van der Waals surface area contributed by atoms with Crippen molar-refractivity contribution in [3.8, 4) is 0 Å². The maximum absolute atomic E-state index is 4.33. The lowest BCUT2D eigenvalue weighted by molar-refractivity contribution is 0.465. The van der Waals surface area contributed by atoms with E-state index in [4.69, 9.17) is 0 Å². The van der Waals surface area contributed by atoms with Gasteiger partial charge in [0.2, 0.25) is 0 Å². The lowest BCUT2D eigenvalue weighted by atomic mass is 10.1. The van der Waals surface area contributed by atoms with Gasteiger partial charge in [-0.15, -0.1) is 0 Å². The van der Waals surface area contributed by atoms with Crippen molar-refractivity contribution >= 4 is 12.8 Å². The van der Waals surface area contributed by atoms with E-state index in [0.29, 0.717) is 0 Å². The smallest absolute Gasteiger partial charge is 0.00868 e. The normalized spacial score (nSPS) is 11.1. The molecule has 14 heavy (non-hydrogen) atoms. The van der Waals surface area contributed by atoms with E-state index in [0.717, 1.165) is 13.1 Å². The molecular weight excluding hydrogens is 190 g/mol. The van der Waals surface area contributed by atoms with E-state index in [1.165, 1.54) is 51.4 Å². The molecule has 0 atom stereocenters. The molecule has 0 aliphatic rings. The fourth-order valence-corrected chi connectivity index (χ4v) is 1.73. The van der Waals surface area contributed by atoms with Gasteiger partial charge >= 0.3 is 0 Å². The number of hydrogen-bond acceptors (Lipinski definition) is 2. The molecule has 0 aromatic rings. The predicted molar refractivity (Wildman–Crippen MR) is 68.8 cm³/mol. The molecule has 0 bridgehead atoms. The third kappa shape index (κ3) is 10.4. The highest BCUT2D eigenvalue weighted by Gasteiger charge is 1.95. The van der Waals surface area contributed by atoms with Crippen molar-refractivity contribution in [2.24, 2.45) is 0 Å². The highest BCUT2D eigenvalue weighted by atomic mass is 32.1. The summed E-state index contributed by atoms with van der Waals surface area (Å²) in [5, 5.41) is 0. The Morgan fingerprint density at radius 1 is 0.786 bits per heavy atom. The quantitative estimate of drug-likeness (QED) is 0.422. The molecule has 1 nitrogen and oxygen atoms in total. The Labute approximate surface area is 95.8 Å². The molecule has 2 heteroatoms. The van der Waals surface area contributed by atoms with E-state index in [2.05, 4.69) is 31.0 Å². The molecule has 0 aromatic heterocycles. The minimum Gasteiger partial charge on any atom is -0.254 e. The summed E-state index contributed by atoms with van der Waals surface area (Å²) in [6, 6.07) is 0. The first kappa shape index (κ1) is 14.3. The van der Waals surface area contributed by atoms with Gasteiger partial charge in [-0.1, -0.05) is 71.6 Å². The van der Waals surface area contributed by atoms with Crippen LogP contribution in [0.2, 0.25) is 0 Å². The van der Waals surface area contributed by atoms with Crippen LogP contribution in [0.25, 0.3) is 0 Å². The highest BCUT2D eigenvalue weighted by Crippen LogP contribution is 2.09. The Hall–Kier alpha value is 0.310. The first-order valence-electron chi connectivity index (χ1n) is 6.25. The molecule has 0 amide bonds. The number of hydrogen-bond donors (Lipinski definition) is 1. The van der Waals surface area contributed by atoms with E-state index >= 15 is 0 Å². The van der Waals surface area contributed by atoms with Gasteiger partial charge in [0.15, 0.2) is 0 Å². The molecule has 0 radical (unpaired) electrons. The molecule has 0 aromatic carbocycles. The van der Waals surface area contributed by atoms with Crippen LogP contribution in [-0.2, 0) is 0 Å². The zero-order valence-electron chi connectivity index (χ0n) is 9.97. The Kier molecular flexibility index (Phi) is 11.6. The maximum atomic E-state index is 4.33. The van der Waals surface area contributed by atoms with Crippen molar-refractivity contribution in [1.82, 2.24) is 4.31 Å². The van der Waals surface area contributed by atoms with Crippen LogP contribution < -0.4 is 0 Å². The SMILES string of the molecule is CCCCCCCCCCN(S)CC. The summed E-state index contributed by atoms with van der Waals surface area (Å²) >= 11 is 4.33. The second kappa shape index (κ2) is 11.4. The molecule has 0 heterocycles. The van der Waals surface area contributed by atoms with Crippen molar-refractivity contribution in [2.45, 2.75) is 65.2 Å². The average molecular weight is 217 g/mol. The zero-order valence-corrected chi connectivity index (χ0v) is 10.9. The molecule has 0 rings (SSSR count). The molecule has 0 aliphatic carbocycles. The summed E-state index contributed by atoms with van der Waals surface area (Å²) in [6.07, 6.45) is 11.2. The fourth-order valence-electron chi connectivity index (χ4n) is 1.59. The molecule has 0 saturated carbocycles. The van der Waals surface area contributed by atoms with Gasteiger partial charge in [0.25, 0.3) is 0 Å². The van der Waals surface area contributed by atoms with Gasteiger partial charge in [0.1, 0.15) is 0 Å². The fraction of sp³-hybridized carbons (Fsp3) is 1.00. The van der Waals surface area contributed by atoms with E-state index < -0.39 is 0 Å². The van der Waals surface area contributed by atoms with Gasteiger partial charge in [-0.3, -0.25) is 4.31 Å². The van der Waals surface area contributed by atoms with Crippen LogP contribution in [0.3, 0.4) is 0 Å².